The summed E-state index contributed by atoms with van der Waals surface area (Å²) in [6.45, 7) is 2.01. The number of carbonyl (C=O) groups excluding carboxylic acids is 1. The molecule has 1 aromatic carbocycles. The number of sulfonamides is 1. The van der Waals surface area contributed by atoms with Crippen molar-refractivity contribution in [2.45, 2.75) is 19.4 Å². The number of nitrogens with two attached hydrogens (primary N) is 1. The van der Waals surface area contributed by atoms with Crippen LogP contribution in [0.25, 0.3) is 0 Å². The summed E-state index contributed by atoms with van der Waals surface area (Å²) in [4.78, 5) is 11.4. The van der Waals surface area contributed by atoms with Gasteiger partial charge in [-0.05, 0) is 31.0 Å². The van der Waals surface area contributed by atoms with Crippen molar-refractivity contribution >= 4 is 34.1 Å². The molecule has 0 fully saturated rings. The number of rotatable bonds is 6. The van der Waals surface area contributed by atoms with Crippen LogP contribution in [-0.2, 0) is 26.0 Å². The number of hydrogen-bond donors (Lipinski definition) is 2. The van der Waals surface area contributed by atoms with Crippen molar-refractivity contribution in [2.24, 2.45) is 5.73 Å². The molecule has 0 saturated carbocycles. The Bertz CT molecular complexity index is 531. The van der Waals surface area contributed by atoms with Gasteiger partial charge in [-0.25, -0.2) is 8.42 Å². The lowest BCUT2D eigenvalue weighted by atomic mass is 10.1. The van der Waals surface area contributed by atoms with Gasteiger partial charge < -0.3 is 10.5 Å². The third kappa shape index (κ3) is 6.74. The molecule has 0 aliphatic heterocycles. The van der Waals surface area contributed by atoms with Gasteiger partial charge in [0.2, 0.25) is 10.0 Å². The fraction of sp³-hybridized carbons (Fsp3) is 0.417. The minimum atomic E-state index is -3.28. The van der Waals surface area contributed by atoms with E-state index in [4.69, 9.17) is 10.5 Å². The Labute approximate surface area is 125 Å². The van der Waals surface area contributed by atoms with Crippen molar-refractivity contribution in [1.29, 1.82) is 0 Å². The van der Waals surface area contributed by atoms with Gasteiger partial charge in [0.25, 0.3) is 0 Å². The van der Waals surface area contributed by atoms with E-state index in [1.165, 1.54) is 0 Å². The van der Waals surface area contributed by atoms with E-state index >= 15 is 0 Å². The van der Waals surface area contributed by atoms with Gasteiger partial charge in [0.15, 0.2) is 0 Å². The molecule has 20 heavy (non-hydrogen) atoms. The lowest BCUT2D eigenvalue weighted by Gasteiger charge is -2.11. The fourth-order valence-electron chi connectivity index (χ4n) is 1.51. The van der Waals surface area contributed by atoms with Gasteiger partial charge >= 0.3 is 5.97 Å². The highest BCUT2D eigenvalue weighted by atomic mass is 35.5. The van der Waals surface area contributed by atoms with Crippen LogP contribution in [0.3, 0.4) is 0 Å². The second kappa shape index (κ2) is 8.08. The summed E-state index contributed by atoms with van der Waals surface area (Å²) in [6, 6.07) is 5.95. The highest BCUT2D eigenvalue weighted by Crippen LogP contribution is 2.12. The molecule has 1 aromatic rings. The van der Waals surface area contributed by atoms with Gasteiger partial charge in [-0.3, -0.25) is 9.52 Å². The largest absolute Gasteiger partial charge is 0.465 e. The Hall–Kier alpha value is -1.31. The zero-order valence-corrected chi connectivity index (χ0v) is 13.0. The second-order valence-electron chi connectivity index (χ2n) is 4.13. The lowest BCUT2D eigenvalue weighted by molar-refractivity contribution is -0.144. The molecule has 114 valence electrons. The van der Waals surface area contributed by atoms with Crippen molar-refractivity contribution in [2.75, 3.05) is 17.6 Å². The normalized spacial score (nSPS) is 12.2. The molecule has 0 aliphatic rings. The monoisotopic (exact) mass is 322 g/mol. The van der Waals surface area contributed by atoms with Crippen molar-refractivity contribution in [3.63, 3.8) is 0 Å². The standard InChI is InChI=1S/C12H18N2O4S.ClH/c1-3-18-12(15)11(13)8-9-4-6-10(7-5-9)14-19(2,16)17;/h4-7,11,14H,3,8,13H2,1-2H3;1H/t11-;/m0./s1. The van der Waals surface area contributed by atoms with E-state index in [1.807, 2.05) is 0 Å². The van der Waals surface area contributed by atoms with Crippen LogP contribution < -0.4 is 10.5 Å². The average molecular weight is 323 g/mol. The number of benzene rings is 1. The smallest absolute Gasteiger partial charge is 0.323 e. The van der Waals surface area contributed by atoms with Crippen LogP contribution in [0.5, 0.6) is 0 Å². The van der Waals surface area contributed by atoms with Crippen LogP contribution in [0.15, 0.2) is 24.3 Å². The molecule has 0 amide bonds. The van der Waals surface area contributed by atoms with E-state index in [-0.39, 0.29) is 12.4 Å². The van der Waals surface area contributed by atoms with Crippen LogP contribution in [0, 0.1) is 0 Å². The van der Waals surface area contributed by atoms with Crippen molar-refractivity contribution < 1.29 is 17.9 Å². The van der Waals surface area contributed by atoms with E-state index in [0.717, 1.165) is 11.8 Å². The van der Waals surface area contributed by atoms with E-state index in [9.17, 15) is 13.2 Å². The summed E-state index contributed by atoms with van der Waals surface area (Å²) in [5.41, 5.74) is 6.99. The highest BCUT2D eigenvalue weighted by Gasteiger charge is 2.14. The number of esters is 1. The molecule has 0 spiro atoms. The van der Waals surface area contributed by atoms with Crippen molar-refractivity contribution in [3.05, 3.63) is 29.8 Å². The molecule has 0 bridgehead atoms. The first-order valence-electron chi connectivity index (χ1n) is 5.80. The fourth-order valence-corrected chi connectivity index (χ4v) is 2.07. The van der Waals surface area contributed by atoms with Gasteiger partial charge in [-0.15, -0.1) is 12.4 Å². The van der Waals surface area contributed by atoms with Gasteiger partial charge in [-0.2, -0.15) is 0 Å². The third-order valence-corrected chi connectivity index (χ3v) is 2.91. The minimum Gasteiger partial charge on any atom is -0.465 e. The zero-order chi connectivity index (χ0) is 14.5. The molecule has 0 aliphatic carbocycles. The number of nitrogens with one attached hydrogen (secondary N) is 1. The minimum absolute atomic E-state index is 0. The summed E-state index contributed by atoms with van der Waals surface area (Å²) in [5, 5.41) is 0. The van der Waals surface area contributed by atoms with Crippen LogP contribution >= 0.6 is 12.4 Å². The Morgan fingerprint density at radius 1 is 1.35 bits per heavy atom. The summed E-state index contributed by atoms with van der Waals surface area (Å²) in [5.74, 6) is -0.444. The number of hydrogen-bond acceptors (Lipinski definition) is 5. The molecular formula is C12H19ClN2O4S. The first-order chi connectivity index (χ1) is 8.81. The summed E-state index contributed by atoms with van der Waals surface area (Å²) >= 11 is 0. The Balaban J connectivity index is 0.00000361. The SMILES string of the molecule is CCOC(=O)[C@@H](N)Cc1ccc(NS(C)(=O)=O)cc1.Cl. The molecule has 0 saturated heterocycles. The number of halogens is 1. The molecule has 0 heterocycles. The molecule has 3 N–H and O–H groups in total. The first-order valence-corrected chi connectivity index (χ1v) is 7.70. The number of carbonyl (C=O) groups is 1. The number of anilines is 1. The second-order valence-corrected chi connectivity index (χ2v) is 5.88. The predicted octanol–water partition coefficient (Wildman–Crippen LogP) is 0.913. The maximum Gasteiger partial charge on any atom is 0.323 e. The van der Waals surface area contributed by atoms with Crippen LogP contribution in [0.1, 0.15) is 12.5 Å². The average Bonchev–Trinajstić information content (AvgIpc) is 2.30. The molecule has 8 heteroatoms. The predicted molar refractivity (Wildman–Crippen MR) is 80.5 cm³/mol. The van der Waals surface area contributed by atoms with Gasteiger partial charge in [0.05, 0.1) is 12.9 Å². The van der Waals surface area contributed by atoms with Gasteiger partial charge in [0, 0.05) is 5.69 Å². The molecular weight excluding hydrogens is 304 g/mol. The molecule has 0 radical (unpaired) electrons. The van der Waals surface area contributed by atoms with Crippen molar-refractivity contribution in [1.82, 2.24) is 0 Å². The Morgan fingerprint density at radius 2 is 1.90 bits per heavy atom. The topological polar surface area (TPSA) is 98.5 Å². The Morgan fingerprint density at radius 3 is 2.35 bits per heavy atom. The molecule has 0 aromatic heterocycles. The summed E-state index contributed by atoms with van der Waals surface area (Å²) in [6.07, 6.45) is 1.43. The zero-order valence-electron chi connectivity index (χ0n) is 11.3. The van der Waals surface area contributed by atoms with Crippen LogP contribution in [0.4, 0.5) is 5.69 Å². The molecule has 0 unspecified atom stereocenters. The van der Waals surface area contributed by atoms with E-state index in [2.05, 4.69) is 4.72 Å². The van der Waals surface area contributed by atoms with Crippen LogP contribution in [-0.4, -0.2) is 33.3 Å². The number of ether oxygens (including phenoxy) is 1. The Kier molecular flexibility index (Phi) is 7.55. The maximum atomic E-state index is 11.4. The van der Waals surface area contributed by atoms with Gasteiger partial charge in [0.1, 0.15) is 6.04 Å². The maximum absolute atomic E-state index is 11.4. The van der Waals surface area contributed by atoms with Crippen molar-refractivity contribution in [3.8, 4) is 0 Å². The first kappa shape index (κ1) is 18.7. The van der Waals surface area contributed by atoms with Crippen LogP contribution in [0.2, 0.25) is 0 Å². The molecule has 1 rings (SSSR count). The summed E-state index contributed by atoms with van der Waals surface area (Å²) < 4.78 is 29.2. The summed E-state index contributed by atoms with van der Waals surface area (Å²) in [7, 11) is -3.28. The van der Waals surface area contributed by atoms with E-state index in [1.54, 1.807) is 31.2 Å². The van der Waals surface area contributed by atoms with E-state index in [0.29, 0.717) is 18.7 Å². The van der Waals surface area contributed by atoms with Gasteiger partial charge in [-0.1, -0.05) is 12.1 Å². The third-order valence-electron chi connectivity index (χ3n) is 2.30. The highest BCUT2D eigenvalue weighted by molar-refractivity contribution is 7.92. The molecule has 1 atom stereocenters. The quantitative estimate of drug-likeness (QED) is 0.759. The molecule has 6 nitrogen and oxygen atoms in total. The lowest BCUT2D eigenvalue weighted by Crippen LogP contribution is -2.34. The van der Waals surface area contributed by atoms with E-state index < -0.39 is 22.0 Å².